The van der Waals surface area contributed by atoms with Gasteiger partial charge in [-0.2, -0.15) is 0 Å². The Bertz CT molecular complexity index is 515. The maximum atomic E-state index is 12.2. The zero-order valence-corrected chi connectivity index (χ0v) is 13.1. The molecule has 1 rings (SSSR count). The SMILES string of the molecule is CCP(=O)([CH-]S(=O)(=O)c1ccc(C)cc1)CC.[Li+]. The first-order valence-corrected chi connectivity index (χ1v) is 9.27. The van der Waals surface area contributed by atoms with Gasteiger partial charge in [-0.15, -0.1) is 5.49 Å². The zero-order chi connectivity index (χ0) is 13.1. The molecular formula is C12H18LiO3PS. The predicted octanol–water partition coefficient (Wildman–Crippen LogP) is 0.295. The van der Waals surface area contributed by atoms with E-state index in [1.165, 1.54) is 0 Å². The molecule has 6 heteroatoms. The van der Waals surface area contributed by atoms with Crippen LogP contribution in [0.25, 0.3) is 0 Å². The summed E-state index contributed by atoms with van der Waals surface area (Å²) >= 11 is 0. The fourth-order valence-electron chi connectivity index (χ4n) is 1.41. The van der Waals surface area contributed by atoms with Crippen molar-refractivity contribution in [2.75, 3.05) is 12.3 Å². The van der Waals surface area contributed by atoms with E-state index in [-0.39, 0.29) is 23.8 Å². The van der Waals surface area contributed by atoms with Crippen LogP contribution in [0.2, 0.25) is 0 Å². The number of hydrogen-bond donors (Lipinski definition) is 0. The smallest absolute Gasteiger partial charge is 0.356 e. The molecule has 96 valence electrons. The summed E-state index contributed by atoms with van der Waals surface area (Å²) in [7, 11) is -6.24. The topological polar surface area (TPSA) is 51.2 Å². The number of benzene rings is 1. The molecule has 0 saturated heterocycles. The van der Waals surface area contributed by atoms with Crippen LogP contribution in [-0.4, -0.2) is 20.7 Å². The molecule has 0 bridgehead atoms. The fourth-order valence-corrected chi connectivity index (χ4v) is 6.08. The second-order valence-electron chi connectivity index (χ2n) is 4.05. The van der Waals surface area contributed by atoms with Gasteiger partial charge in [-0.25, -0.2) is 0 Å². The summed E-state index contributed by atoms with van der Waals surface area (Å²) in [5.74, 6) is 0. The third kappa shape index (κ3) is 4.59. The Labute approximate surface area is 122 Å². The van der Waals surface area contributed by atoms with Gasteiger partial charge in [0.15, 0.2) is 0 Å². The molecule has 0 atom stereocenters. The van der Waals surface area contributed by atoms with Gasteiger partial charge in [-0.05, 0) is 38.5 Å². The number of sulfone groups is 1. The number of aryl methyl sites for hydroxylation is 1. The van der Waals surface area contributed by atoms with Crippen molar-refractivity contribution in [3.8, 4) is 0 Å². The van der Waals surface area contributed by atoms with Crippen LogP contribution in [0.4, 0.5) is 0 Å². The van der Waals surface area contributed by atoms with Gasteiger partial charge < -0.3 is 4.57 Å². The van der Waals surface area contributed by atoms with Crippen LogP contribution in [0.1, 0.15) is 19.4 Å². The van der Waals surface area contributed by atoms with E-state index in [1.807, 2.05) is 6.92 Å². The summed E-state index contributed by atoms with van der Waals surface area (Å²) in [5, 5.41) is 0. The molecule has 1 aromatic rings. The van der Waals surface area contributed by atoms with E-state index in [0.29, 0.717) is 12.3 Å². The van der Waals surface area contributed by atoms with Crippen LogP contribution in [0.5, 0.6) is 0 Å². The standard InChI is InChI=1S/C12H18O3PS.Li/c1-4-16(13,5-2)10-17(14,15)12-8-6-11(3)7-9-12;/h6-10H,4-5H2,1-3H3;/q-1;+1. The molecule has 18 heavy (non-hydrogen) atoms. The van der Waals surface area contributed by atoms with E-state index < -0.39 is 17.0 Å². The molecule has 0 fully saturated rings. The zero-order valence-electron chi connectivity index (χ0n) is 11.4. The normalized spacial score (nSPS) is 11.9. The van der Waals surface area contributed by atoms with Crippen molar-refractivity contribution in [2.45, 2.75) is 25.7 Å². The minimum atomic E-state index is -3.55. The quantitative estimate of drug-likeness (QED) is 0.443. The van der Waals surface area contributed by atoms with E-state index in [2.05, 4.69) is 0 Å². The summed E-state index contributed by atoms with van der Waals surface area (Å²) < 4.78 is 36.3. The largest absolute Gasteiger partial charge is 1.00 e. The molecule has 0 N–H and O–H groups in total. The molecular weight excluding hydrogens is 262 g/mol. The summed E-state index contributed by atoms with van der Waals surface area (Å²) in [6.07, 6.45) is 0.767. The molecule has 0 radical (unpaired) electrons. The van der Waals surface area contributed by atoms with Gasteiger partial charge in [0.1, 0.15) is 0 Å². The van der Waals surface area contributed by atoms with Crippen LogP contribution in [-0.2, 0) is 14.4 Å². The van der Waals surface area contributed by atoms with E-state index in [4.69, 9.17) is 0 Å². The van der Waals surface area contributed by atoms with E-state index in [1.54, 1.807) is 38.1 Å². The summed E-state index contributed by atoms with van der Waals surface area (Å²) in [4.78, 5) is 0.213. The maximum Gasteiger partial charge on any atom is 1.00 e. The Balaban J connectivity index is 0.00000289. The molecule has 0 saturated carbocycles. The van der Waals surface area contributed by atoms with Crippen molar-refractivity contribution in [2.24, 2.45) is 0 Å². The molecule has 3 nitrogen and oxygen atoms in total. The molecule has 0 unspecified atom stereocenters. The molecule has 1 aromatic carbocycles. The first-order chi connectivity index (χ1) is 7.83. The summed E-state index contributed by atoms with van der Waals surface area (Å²) in [5.41, 5.74) is 2.06. The molecule has 0 aromatic heterocycles. The summed E-state index contributed by atoms with van der Waals surface area (Å²) in [6, 6.07) is 6.58. The van der Waals surface area contributed by atoms with Gasteiger partial charge >= 0.3 is 18.9 Å². The minimum Gasteiger partial charge on any atom is -0.356 e. The van der Waals surface area contributed by atoms with Crippen molar-refractivity contribution >= 4 is 17.0 Å². The van der Waals surface area contributed by atoms with Crippen molar-refractivity contribution < 1.29 is 31.8 Å². The van der Waals surface area contributed by atoms with Gasteiger partial charge in [0, 0.05) is 4.90 Å². The van der Waals surface area contributed by atoms with Gasteiger partial charge in [-0.1, -0.05) is 31.5 Å². The third-order valence-corrected chi connectivity index (χ3v) is 8.47. The van der Waals surface area contributed by atoms with Crippen molar-refractivity contribution in [3.05, 3.63) is 35.3 Å². The molecule has 0 aliphatic rings. The number of hydrogen-bond acceptors (Lipinski definition) is 3. The maximum absolute atomic E-state index is 12.2. The average molecular weight is 280 g/mol. The second-order valence-corrected chi connectivity index (χ2v) is 9.62. The van der Waals surface area contributed by atoms with Crippen LogP contribution in [0.3, 0.4) is 0 Å². The van der Waals surface area contributed by atoms with Crippen LogP contribution in [0.15, 0.2) is 29.2 Å². The number of rotatable bonds is 5. The van der Waals surface area contributed by atoms with E-state index >= 15 is 0 Å². The van der Waals surface area contributed by atoms with Crippen molar-refractivity contribution in [3.63, 3.8) is 0 Å². The van der Waals surface area contributed by atoms with Crippen molar-refractivity contribution in [1.29, 1.82) is 0 Å². The summed E-state index contributed by atoms with van der Waals surface area (Å²) in [6.45, 7) is 5.40. The van der Waals surface area contributed by atoms with Gasteiger partial charge in [-0.3, -0.25) is 8.42 Å². The van der Waals surface area contributed by atoms with Crippen LogP contribution < -0.4 is 18.9 Å². The van der Waals surface area contributed by atoms with Crippen molar-refractivity contribution in [1.82, 2.24) is 0 Å². The van der Waals surface area contributed by atoms with Gasteiger partial charge in [0.25, 0.3) is 0 Å². The predicted molar refractivity (Wildman–Crippen MR) is 71.4 cm³/mol. The first kappa shape index (κ1) is 18.0. The third-order valence-electron chi connectivity index (χ3n) is 2.75. The molecule has 0 spiro atoms. The molecule has 0 aliphatic carbocycles. The second kappa shape index (κ2) is 6.96. The average Bonchev–Trinajstić information content (AvgIpc) is 2.29. The molecule has 0 heterocycles. The Morgan fingerprint density at radius 2 is 1.56 bits per heavy atom. The Hall–Kier alpha value is -0.00260. The van der Waals surface area contributed by atoms with Crippen LogP contribution in [0, 0.1) is 12.4 Å². The van der Waals surface area contributed by atoms with Crippen LogP contribution >= 0.6 is 7.14 Å². The Morgan fingerprint density at radius 3 is 1.94 bits per heavy atom. The first-order valence-electron chi connectivity index (χ1n) is 5.58. The fraction of sp³-hybridized carbons (Fsp3) is 0.417. The Kier molecular flexibility index (Phi) is 6.96. The van der Waals surface area contributed by atoms with Gasteiger partial charge in [0.2, 0.25) is 0 Å². The Morgan fingerprint density at radius 1 is 1.11 bits per heavy atom. The monoisotopic (exact) mass is 280 g/mol. The minimum absolute atomic E-state index is 0. The van der Waals surface area contributed by atoms with Gasteiger partial charge in [0.05, 0.1) is 9.84 Å². The van der Waals surface area contributed by atoms with E-state index in [9.17, 15) is 13.0 Å². The molecule has 0 aliphatic heterocycles. The van der Waals surface area contributed by atoms with E-state index in [0.717, 1.165) is 11.1 Å². The molecule has 0 amide bonds.